The van der Waals surface area contributed by atoms with E-state index in [1.807, 2.05) is 24.0 Å². The molecule has 1 unspecified atom stereocenters. The molecule has 1 saturated heterocycles. The topological polar surface area (TPSA) is 86.3 Å². The minimum absolute atomic E-state index is 0.173. The van der Waals surface area contributed by atoms with Crippen LogP contribution >= 0.6 is 11.6 Å². The lowest BCUT2D eigenvalue weighted by Crippen LogP contribution is -2.34. The second kappa shape index (κ2) is 6.04. The fourth-order valence-corrected chi connectivity index (χ4v) is 3.35. The number of aromatic nitrogens is 2. The van der Waals surface area contributed by atoms with Gasteiger partial charge in [0.25, 0.3) is 5.56 Å². The molecule has 0 spiro atoms. The van der Waals surface area contributed by atoms with Crippen molar-refractivity contribution in [1.82, 2.24) is 10.2 Å². The van der Waals surface area contributed by atoms with Crippen LogP contribution in [0.2, 0.25) is 5.02 Å². The molecular weight excluding hydrogens is 318 g/mol. The summed E-state index contributed by atoms with van der Waals surface area (Å²) in [6.45, 7) is 2.38. The van der Waals surface area contributed by atoms with Gasteiger partial charge in [0.1, 0.15) is 5.82 Å². The Labute approximate surface area is 137 Å². The molecule has 2 N–H and O–H groups in total. The summed E-state index contributed by atoms with van der Waals surface area (Å²) >= 11 is 5.91. The van der Waals surface area contributed by atoms with Crippen molar-refractivity contribution in [1.29, 1.82) is 0 Å². The van der Waals surface area contributed by atoms with E-state index < -0.39 is 11.9 Å². The summed E-state index contributed by atoms with van der Waals surface area (Å²) in [5, 5.41) is 16.7. The Morgan fingerprint density at radius 3 is 2.57 bits per heavy atom. The smallest absolute Gasteiger partial charge is 0.309 e. The predicted octanol–water partition coefficient (Wildman–Crippen LogP) is 2.12. The van der Waals surface area contributed by atoms with Crippen molar-refractivity contribution in [2.45, 2.75) is 18.9 Å². The van der Waals surface area contributed by atoms with Gasteiger partial charge in [-0.15, -0.1) is 0 Å². The molecular formula is C16H16ClN3O3. The standard InChI is InChI=1S/C16H16ClN3O3/c1-9-15(16(22)23)12(10-2-4-11(17)5-3-10)8-20(9)13-6-7-14(21)19-18-13/h2-7,9,12,15H,8H2,1H3,(H,19,21)(H,22,23)/t9?,12-,15+/m0/s1. The molecule has 0 amide bonds. The molecule has 0 bridgehead atoms. The Bertz CT molecular complexity index is 754. The Balaban J connectivity index is 1.96. The van der Waals surface area contributed by atoms with Gasteiger partial charge in [0.15, 0.2) is 0 Å². The van der Waals surface area contributed by atoms with Crippen LogP contribution < -0.4 is 10.5 Å². The van der Waals surface area contributed by atoms with E-state index in [2.05, 4.69) is 10.2 Å². The van der Waals surface area contributed by atoms with E-state index in [9.17, 15) is 14.7 Å². The van der Waals surface area contributed by atoms with Crippen molar-refractivity contribution in [2.75, 3.05) is 11.4 Å². The molecule has 2 heterocycles. The monoisotopic (exact) mass is 333 g/mol. The highest BCUT2D eigenvalue weighted by atomic mass is 35.5. The van der Waals surface area contributed by atoms with Crippen molar-refractivity contribution in [3.05, 3.63) is 57.3 Å². The highest BCUT2D eigenvalue weighted by Gasteiger charge is 2.44. The second-order valence-corrected chi connectivity index (χ2v) is 6.13. The third kappa shape index (κ3) is 2.94. The number of anilines is 1. The van der Waals surface area contributed by atoms with Gasteiger partial charge >= 0.3 is 5.97 Å². The van der Waals surface area contributed by atoms with Gasteiger partial charge in [0.2, 0.25) is 0 Å². The lowest BCUT2D eigenvalue weighted by molar-refractivity contribution is -0.142. The van der Waals surface area contributed by atoms with Crippen LogP contribution in [0.5, 0.6) is 0 Å². The summed E-state index contributed by atoms with van der Waals surface area (Å²) in [5.74, 6) is -1.01. The van der Waals surface area contributed by atoms with E-state index in [1.54, 1.807) is 18.2 Å². The number of halogens is 1. The zero-order valence-corrected chi connectivity index (χ0v) is 13.2. The second-order valence-electron chi connectivity index (χ2n) is 5.69. The first-order chi connectivity index (χ1) is 11.0. The number of nitrogens with zero attached hydrogens (tertiary/aromatic N) is 2. The first-order valence-electron chi connectivity index (χ1n) is 7.28. The van der Waals surface area contributed by atoms with Crippen LogP contribution in [0.15, 0.2) is 41.2 Å². The van der Waals surface area contributed by atoms with E-state index in [0.29, 0.717) is 17.4 Å². The number of benzene rings is 1. The average molecular weight is 334 g/mol. The molecule has 7 heteroatoms. The van der Waals surface area contributed by atoms with Crippen LogP contribution in [0, 0.1) is 5.92 Å². The lowest BCUT2D eigenvalue weighted by atomic mass is 9.86. The van der Waals surface area contributed by atoms with Gasteiger partial charge in [-0.05, 0) is 30.7 Å². The SMILES string of the molecule is CC1[C@@H](C(=O)O)[C@H](c2ccc(Cl)cc2)CN1c1ccc(=O)[nH]n1. The van der Waals surface area contributed by atoms with Crippen LogP contribution in [0.1, 0.15) is 18.4 Å². The summed E-state index contributed by atoms with van der Waals surface area (Å²) in [6.07, 6.45) is 0. The number of nitrogens with one attached hydrogen (secondary N) is 1. The number of aliphatic carboxylic acids is 1. The number of carboxylic acids is 1. The maximum Gasteiger partial charge on any atom is 0.309 e. The molecule has 0 radical (unpaired) electrons. The van der Waals surface area contributed by atoms with Crippen molar-refractivity contribution in [3.63, 3.8) is 0 Å². The van der Waals surface area contributed by atoms with E-state index >= 15 is 0 Å². The summed E-state index contributed by atoms with van der Waals surface area (Å²) in [5.41, 5.74) is 0.644. The normalized spacial score (nSPS) is 23.9. The van der Waals surface area contributed by atoms with Gasteiger partial charge < -0.3 is 10.0 Å². The Morgan fingerprint density at radius 2 is 2.00 bits per heavy atom. The molecule has 3 atom stereocenters. The fourth-order valence-electron chi connectivity index (χ4n) is 3.22. The van der Waals surface area contributed by atoms with E-state index in [0.717, 1.165) is 5.56 Å². The Hall–Kier alpha value is -2.34. The quantitative estimate of drug-likeness (QED) is 0.898. The molecule has 0 aliphatic carbocycles. The molecule has 0 saturated carbocycles. The van der Waals surface area contributed by atoms with Crippen molar-refractivity contribution in [3.8, 4) is 0 Å². The van der Waals surface area contributed by atoms with Crippen LogP contribution in [0.3, 0.4) is 0 Å². The molecule has 1 aliphatic rings. The van der Waals surface area contributed by atoms with E-state index in [4.69, 9.17) is 11.6 Å². The van der Waals surface area contributed by atoms with Crippen molar-refractivity contribution < 1.29 is 9.90 Å². The van der Waals surface area contributed by atoms with Crippen LogP contribution in [-0.2, 0) is 4.79 Å². The lowest BCUT2D eigenvalue weighted by Gasteiger charge is -2.23. The first kappa shape index (κ1) is 15.6. The van der Waals surface area contributed by atoms with Gasteiger partial charge in [-0.1, -0.05) is 23.7 Å². The molecule has 1 fully saturated rings. The highest BCUT2D eigenvalue weighted by molar-refractivity contribution is 6.30. The first-order valence-corrected chi connectivity index (χ1v) is 7.66. The maximum atomic E-state index is 11.8. The largest absolute Gasteiger partial charge is 0.481 e. The molecule has 1 aliphatic heterocycles. The summed E-state index contributed by atoms with van der Waals surface area (Å²) in [7, 11) is 0. The number of carbonyl (C=O) groups is 1. The Kier molecular flexibility index (Phi) is 4.09. The van der Waals surface area contributed by atoms with Crippen LogP contribution in [0.4, 0.5) is 5.82 Å². The Morgan fingerprint density at radius 1 is 1.30 bits per heavy atom. The number of H-pyrrole nitrogens is 1. The van der Waals surface area contributed by atoms with Crippen molar-refractivity contribution in [2.24, 2.45) is 5.92 Å². The predicted molar refractivity (Wildman–Crippen MR) is 87.0 cm³/mol. The average Bonchev–Trinajstić information content (AvgIpc) is 2.86. The molecule has 1 aromatic carbocycles. The number of hydrogen-bond donors (Lipinski definition) is 2. The van der Waals surface area contributed by atoms with Crippen LogP contribution in [-0.4, -0.2) is 33.9 Å². The number of carboxylic acid groups (broad SMARTS) is 1. The van der Waals surface area contributed by atoms with Gasteiger partial charge in [-0.2, -0.15) is 5.10 Å². The number of rotatable bonds is 3. The molecule has 2 aromatic rings. The third-order valence-corrected chi connectivity index (χ3v) is 4.63. The summed E-state index contributed by atoms with van der Waals surface area (Å²) in [6, 6.07) is 10.0. The number of aromatic amines is 1. The molecule has 3 rings (SSSR count). The van der Waals surface area contributed by atoms with Gasteiger partial charge in [0.05, 0.1) is 5.92 Å². The van der Waals surface area contributed by atoms with Gasteiger partial charge in [0, 0.05) is 29.6 Å². The van der Waals surface area contributed by atoms with Gasteiger partial charge in [-0.3, -0.25) is 9.59 Å². The van der Waals surface area contributed by atoms with E-state index in [1.165, 1.54) is 6.07 Å². The zero-order chi connectivity index (χ0) is 16.6. The highest BCUT2D eigenvalue weighted by Crippen LogP contribution is 2.39. The van der Waals surface area contributed by atoms with Crippen molar-refractivity contribution >= 4 is 23.4 Å². The molecule has 6 nitrogen and oxygen atoms in total. The summed E-state index contributed by atoms with van der Waals surface area (Å²) < 4.78 is 0. The molecule has 120 valence electrons. The number of hydrogen-bond acceptors (Lipinski definition) is 4. The molecule has 1 aromatic heterocycles. The van der Waals surface area contributed by atoms with E-state index in [-0.39, 0.29) is 17.5 Å². The summed E-state index contributed by atoms with van der Waals surface area (Å²) in [4.78, 5) is 24.8. The third-order valence-electron chi connectivity index (χ3n) is 4.38. The fraction of sp³-hybridized carbons (Fsp3) is 0.312. The zero-order valence-electron chi connectivity index (χ0n) is 12.4. The van der Waals surface area contributed by atoms with Gasteiger partial charge in [-0.25, -0.2) is 5.10 Å². The molecule has 23 heavy (non-hydrogen) atoms. The minimum atomic E-state index is -0.843. The maximum absolute atomic E-state index is 11.8. The van der Waals surface area contributed by atoms with Crippen LogP contribution in [0.25, 0.3) is 0 Å². The minimum Gasteiger partial charge on any atom is -0.481 e.